The van der Waals surface area contributed by atoms with Crippen molar-refractivity contribution in [3.05, 3.63) is 60.3 Å². The van der Waals surface area contributed by atoms with Crippen LogP contribution in [0.5, 0.6) is 0 Å². The topological polar surface area (TPSA) is 114 Å². The number of aromatic nitrogens is 5. The summed E-state index contributed by atoms with van der Waals surface area (Å²) in [6, 6.07) is 11.6. The molecule has 0 aliphatic carbocycles. The summed E-state index contributed by atoms with van der Waals surface area (Å²) < 4.78 is 0. The molecule has 0 saturated heterocycles. The van der Waals surface area contributed by atoms with Gasteiger partial charge in [-0.25, -0.2) is 15.0 Å². The van der Waals surface area contributed by atoms with Gasteiger partial charge in [-0.1, -0.05) is 12.1 Å². The molecule has 0 saturated carbocycles. The Morgan fingerprint density at radius 2 is 1.92 bits per heavy atom. The van der Waals surface area contributed by atoms with Crippen LogP contribution in [0.15, 0.2) is 48.9 Å². The molecular weight excluding hydrogens is 326 g/mol. The van der Waals surface area contributed by atoms with Gasteiger partial charge in [-0.2, -0.15) is 5.26 Å². The van der Waals surface area contributed by atoms with Gasteiger partial charge >= 0.3 is 0 Å². The van der Waals surface area contributed by atoms with Crippen molar-refractivity contribution in [1.82, 2.24) is 24.9 Å². The van der Waals surface area contributed by atoms with Crippen molar-refractivity contribution in [2.45, 2.75) is 6.92 Å². The van der Waals surface area contributed by atoms with Gasteiger partial charge in [0.15, 0.2) is 11.5 Å². The highest BCUT2D eigenvalue weighted by Crippen LogP contribution is 2.31. The van der Waals surface area contributed by atoms with Gasteiger partial charge in [-0.15, -0.1) is 0 Å². The number of pyridine rings is 1. The summed E-state index contributed by atoms with van der Waals surface area (Å²) in [7, 11) is 0. The number of hydrogen-bond acceptors (Lipinski definition) is 7. The fourth-order valence-corrected chi connectivity index (χ4v) is 2.71. The minimum absolute atomic E-state index is 0.0667. The minimum atomic E-state index is 0.0667. The molecule has 124 valence electrons. The molecule has 7 heteroatoms. The number of anilines is 1. The maximum Gasteiger partial charge on any atom is 0.183 e. The molecule has 0 unspecified atom stereocenters. The van der Waals surface area contributed by atoms with E-state index in [0.717, 1.165) is 22.2 Å². The number of rotatable bonds is 2. The van der Waals surface area contributed by atoms with Crippen LogP contribution in [0.2, 0.25) is 0 Å². The lowest BCUT2D eigenvalue weighted by atomic mass is 10.0. The van der Waals surface area contributed by atoms with Gasteiger partial charge in [0.25, 0.3) is 0 Å². The summed E-state index contributed by atoms with van der Waals surface area (Å²) in [5.74, 6) is 0.0667. The molecule has 0 spiro atoms. The van der Waals surface area contributed by atoms with Crippen LogP contribution >= 0.6 is 0 Å². The van der Waals surface area contributed by atoms with Gasteiger partial charge in [-0.3, -0.25) is 9.97 Å². The lowest BCUT2D eigenvalue weighted by molar-refractivity contribution is 1.09. The molecule has 4 aromatic rings. The van der Waals surface area contributed by atoms with E-state index in [-0.39, 0.29) is 11.5 Å². The van der Waals surface area contributed by atoms with E-state index in [4.69, 9.17) is 5.73 Å². The first-order chi connectivity index (χ1) is 12.7. The van der Waals surface area contributed by atoms with Gasteiger partial charge in [0.2, 0.25) is 0 Å². The quantitative estimate of drug-likeness (QED) is 0.597. The molecule has 1 aromatic carbocycles. The van der Waals surface area contributed by atoms with E-state index in [2.05, 4.69) is 24.9 Å². The Morgan fingerprint density at radius 1 is 1.04 bits per heavy atom. The Labute approximate surface area is 149 Å². The number of fused-ring (bicyclic) bond motifs is 1. The number of nitrogen functional groups attached to an aromatic ring is 1. The summed E-state index contributed by atoms with van der Waals surface area (Å²) in [6.07, 6.45) is 5.01. The third kappa shape index (κ3) is 2.70. The third-order valence-corrected chi connectivity index (χ3v) is 3.90. The van der Waals surface area contributed by atoms with E-state index in [1.54, 1.807) is 18.6 Å². The van der Waals surface area contributed by atoms with Crippen molar-refractivity contribution in [2.24, 2.45) is 0 Å². The molecule has 0 amide bonds. The first-order valence-corrected chi connectivity index (χ1v) is 7.87. The van der Waals surface area contributed by atoms with E-state index < -0.39 is 0 Å². The van der Waals surface area contributed by atoms with Crippen molar-refractivity contribution in [3.63, 3.8) is 0 Å². The molecule has 0 radical (unpaired) electrons. The Morgan fingerprint density at radius 3 is 2.73 bits per heavy atom. The molecule has 2 N–H and O–H groups in total. The fourth-order valence-electron chi connectivity index (χ4n) is 2.71. The molecule has 0 aliphatic rings. The van der Waals surface area contributed by atoms with Gasteiger partial charge in [0.1, 0.15) is 17.5 Å². The van der Waals surface area contributed by atoms with E-state index in [1.807, 2.05) is 43.3 Å². The van der Waals surface area contributed by atoms with Gasteiger partial charge in [0.05, 0.1) is 23.1 Å². The second-order valence-corrected chi connectivity index (χ2v) is 5.72. The lowest BCUT2D eigenvalue weighted by Gasteiger charge is -2.10. The normalized spacial score (nSPS) is 10.6. The van der Waals surface area contributed by atoms with E-state index in [0.29, 0.717) is 17.1 Å². The average Bonchev–Trinajstić information content (AvgIpc) is 2.67. The van der Waals surface area contributed by atoms with Crippen LogP contribution in [-0.2, 0) is 0 Å². The van der Waals surface area contributed by atoms with Gasteiger partial charge in [-0.05, 0) is 25.1 Å². The van der Waals surface area contributed by atoms with Crippen LogP contribution in [-0.4, -0.2) is 24.9 Å². The standard InChI is InChI=1S/C19H13N7/c1-11-9-22-10-16(24-11)18-17(25-15(8-20)19(21)26-18)13-4-5-14-12(7-13)3-2-6-23-14/h2-7,9-10H,1H3,(H2,21,26). The van der Waals surface area contributed by atoms with Crippen molar-refractivity contribution in [1.29, 1.82) is 5.26 Å². The summed E-state index contributed by atoms with van der Waals surface area (Å²) in [5.41, 5.74) is 9.96. The second-order valence-electron chi connectivity index (χ2n) is 5.72. The van der Waals surface area contributed by atoms with E-state index in [9.17, 15) is 5.26 Å². The molecule has 7 nitrogen and oxygen atoms in total. The van der Waals surface area contributed by atoms with E-state index >= 15 is 0 Å². The van der Waals surface area contributed by atoms with Crippen molar-refractivity contribution >= 4 is 16.7 Å². The largest absolute Gasteiger partial charge is 0.381 e. The first-order valence-electron chi connectivity index (χ1n) is 7.87. The van der Waals surface area contributed by atoms with Crippen molar-refractivity contribution in [3.8, 4) is 28.7 Å². The van der Waals surface area contributed by atoms with Crippen LogP contribution in [0.25, 0.3) is 33.5 Å². The zero-order valence-corrected chi connectivity index (χ0v) is 13.9. The number of aryl methyl sites for hydroxylation is 1. The Kier molecular flexibility index (Phi) is 3.71. The summed E-state index contributed by atoms with van der Waals surface area (Å²) >= 11 is 0. The Hall–Kier alpha value is -3.92. The zero-order valence-electron chi connectivity index (χ0n) is 13.9. The number of benzene rings is 1. The van der Waals surface area contributed by atoms with Crippen LogP contribution in [0, 0.1) is 18.3 Å². The predicted octanol–water partition coefficient (Wildman–Crippen LogP) is 2.91. The van der Waals surface area contributed by atoms with Crippen molar-refractivity contribution in [2.75, 3.05) is 5.73 Å². The van der Waals surface area contributed by atoms with Gasteiger partial charge < -0.3 is 5.73 Å². The summed E-state index contributed by atoms with van der Waals surface area (Å²) in [4.78, 5) is 21.8. The van der Waals surface area contributed by atoms with Crippen LogP contribution in [0.4, 0.5) is 5.82 Å². The average molecular weight is 339 g/mol. The summed E-state index contributed by atoms with van der Waals surface area (Å²) in [6.45, 7) is 1.85. The molecule has 3 heterocycles. The smallest absolute Gasteiger partial charge is 0.183 e. The highest BCUT2D eigenvalue weighted by molar-refractivity contribution is 5.87. The highest BCUT2D eigenvalue weighted by atomic mass is 15.0. The molecule has 0 bridgehead atoms. The maximum atomic E-state index is 9.30. The predicted molar refractivity (Wildman–Crippen MR) is 97.7 cm³/mol. The minimum Gasteiger partial charge on any atom is -0.381 e. The van der Waals surface area contributed by atoms with Crippen LogP contribution in [0.1, 0.15) is 11.4 Å². The maximum absolute atomic E-state index is 9.30. The molecule has 0 atom stereocenters. The molecule has 3 aromatic heterocycles. The molecule has 0 aliphatic heterocycles. The second kappa shape index (κ2) is 6.18. The monoisotopic (exact) mass is 339 g/mol. The number of nitrogens with zero attached hydrogens (tertiary/aromatic N) is 6. The van der Waals surface area contributed by atoms with Crippen molar-refractivity contribution < 1.29 is 0 Å². The number of hydrogen-bond donors (Lipinski definition) is 1. The molecule has 4 rings (SSSR count). The Balaban J connectivity index is 2.00. The SMILES string of the molecule is Cc1cncc(-c2nc(N)c(C#N)nc2-c2ccc3ncccc3c2)n1. The highest BCUT2D eigenvalue weighted by Gasteiger charge is 2.17. The first kappa shape index (κ1) is 15.6. The lowest BCUT2D eigenvalue weighted by Crippen LogP contribution is -2.04. The van der Waals surface area contributed by atoms with Crippen LogP contribution in [0.3, 0.4) is 0 Å². The van der Waals surface area contributed by atoms with E-state index in [1.165, 1.54) is 0 Å². The molecule has 26 heavy (non-hydrogen) atoms. The van der Waals surface area contributed by atoms with Crippen LogP contribution < -0.4 is 5.73 Å². The number of nitrogens with two attached hydrogens (primary N) is 1. The van der Waals surface area contributed by atoms with Gasteiger partial charge in [0, 0.05) is 23.3 Å². The zero-order chi connectivity index (χ0) is 18.1. The Bertz CT molecular complexity index is 1180. The summed E-state index contributed by atoms with van der Waals surface area (Å²) in [5, 5.41) is 10.3. The molecule has 0 fully saturated rings. The fraction of sp³-hybridized carbons (Fsp3) is 0.0526. The number of nitriles is 1. The molecular formula is C19H13N7. The third-order valence-electron chi connectivity index (χ3n) is 3.90.